The van der Waals surface area contributed by atoms with E-state index < -0.39 is 0 Å². The Kier molecular flexibility index (Phi) is 6.79. The normalized spacial score (nSPS) is 13.4. The maximum atomic E-state index is 2.48. The van der Waals surface area contributed by atoms with Crippen LogP contribution in [0.25, 0.3) is 44.1 Å². The first-order valence-electron chi connectivity index (χ1n) is 17.7. The van der Waals surface area contributed by atoms with E-state index in [9.17, 15) is 0 Å². The van der Waals surface area contributed by atoms with Crippen LogP contribution < -0.4 is 4.90 Å². The van der Waals surface area contributed by atoms with Gasteiger partial charge in [0.25, 0.3) is 0 Å². The third-order valence-electron chi connectivity index (χ3n) is 10.8. The molecular formula is C47H36N2S. The van der Waals surface area contributed by atoms with Gasteiger partial charge in [0.15, 0.2) is 0 Å². The molecule has 2 aliphatic rings. The number of nitrogens with zero attached hydrogens (tertiary/aromatic N) is 2. The molecule has 0 saturated carbocycles. The second kappa shape index (κ2) is 11.5. The van der Waals surface area contributed by atoms with Gasteiger partial charge >= 0.3 is 0 Å². The van der Waals surface area contributed by atoms with Crippen molar-refractivity contribution in [2.75, 3.05) is 10.7 Å². The van der Waals surface area contributed by atoms with Crippen LogP contribution in [0.3, 0.4) is 0 Å². The molecule has 50 heavy (non-hydrogen) atoms. The molecule has 2 aliphatic carbocycles. The molecule has 240 valence electrons. The Labute approximate surface area is 297 Å². The zero-order valence-corrected chi connectivity index (χ0v) is 28.8. The van der Waals surface area contributed by atoms with E-state index in [0.29, 0.717) is 0 Å². The summed E-state index contributed by atoms with van der Waals surface area (Å²) in [6.07, 6.45) is 2.40. The SMILES string of the molecule is CCCCSn1c2ccccc2c2cc(N(c3ccccc3)c3ccc4c(c3)C3(c5ccccc5-c5ccccc53)c3ccccc3-4)ccc21. The third-order valence-corrected chi connectivity index (χ3v) is 12.0. The van der Waals surface area contributed by atoms with Crippen LogP contribution in [0.1, 0.15) is 42.0 Å². The Hall–Kier alpha value is -5.51. The summed E-state index contributed by atoms with van der Waals surface area (Å²) in [6.45, 7) is 2.26. The summed E-state index contributed by atoms with van der Waals surface area (Å²) in [4.78, 5) is 2.44. The van der Waals surface area contributed by atoms with Crippen molar-refractivity contribution < 1.29 is 0 Å². The fourth-order valence-electron chi connectivity index (χ4n) is 8.75. The molecule has 0 fully saturated rings. The van der Waals surface area contributed by atoms with Gasteiger partial charge in [-0.05, 0) is 111 Å². The van der Waals surface area contributed by atoms with E-state index >= 15 is 0 Å². The van der Waals surface area contributed by atoms with Crippen molar-refractivity contribution in [3.8, 4) is 22.3 Å². The lowest BCUT2D eigenvalue weighted by atomic mass is 9.70. The Balaban J connectivity index is 1.21. The molecule has 7 aromatic carbocycles. The largest absolute Gasteiger partial charge is 0.310 e. The van der Waals surface area contributed by atoms with Gasteiger partial charge in [0.1, 0.15) is 0 Å². The number of aromatic nitrogens is 1. The maximum absolute atomic E-state index is 2.48. The number of hydrogen-bond donors (Lipinski definition) is 0. The summed E-state index contributed by atoms with van der Waals surface area (Å²) < 4.78 is 2.45. The van der Waals surface area contributed by atoms with Gasteiger partial charge in [0, 0.05) is 33.6 Å². The van der Waals surface area contributed by atoms with Gasteiger partial charge in [-0.2, -0.15) is 0 Å². The fourth-order valence-corrected chi connectivity index (χ4v) is 9.95. The third kappa shape index (κ3) is 4.10. The second-order valence-corrected chi connectivity index (χ2v) is 14.5. The molecular weight excluding hydrogens is 625 g/mol. The molecule has 0 radical (unpaired) electrons. The summed E-state index contributed by atoms with van der Waals surface area (Å²) in [6, 6.07) is 61.1. The molecule has 1 aromatic heterocycles. The van der Waals surface area contributed by atoms with E-state index in [1.54, 1.807) is 0 Å². The molecule has 8 aromatic rings. The average molecular weight is 661 g/mol. The molecule has 0 saturated heterocycles. The Bertz CT molecular complexity index is 2520. The Morgan fingerprint density at radius 3 is 1.70 bits per heavy atom. The van der Waals surface area contributed by atoms with E-state index in [0.717, 1.165) is 22.8 Å². The number of hydrogen-bond acceptors (Lipinski definition) is 2. The smallest absolute Gasteiger partial charge is 0.0726 e. The first-order chi connectivity index (χ1) is 24.8. The molecule has 0 unspecified atom stereocenters. The molecule has 1 heterocycles. The highest BCUT2D eigenvalue weighted by atomic mass is 32.2. The summed E-state index contributed by atoms with van der Waals surface area (Å²) >= 11 is 1.93. The summed E-state index contributed by atoms with van der Waals surface area (Å²) in [5.41, 5.74) is 16.4. The minimum atomic E-state index is -0.384. The number of benzene rings is 7. The predicted molar refractivity (Wildman–Crippen MR) is 213 cm³/mol. The van der Waals surface area contributed by atoms with Gasteiger partial charge in [-0.1, -0.05) is 129 Å². The van der Waals surface area contributed by atoms with Crippen LogP contribution in [0.15, 0.2) is 164 Å². The number of unbranched alkanes of at least 4 members (excludes halogenated alkanes) is 1. The second-order valence-electron chi connectivity index (χ2n) is 13.5. The van der Waals surface area contributed by atoms with Gasteiger partial charge in [-0.15, -0.1) is 0 Å². The number of para-hydroxylation sites is 2. The van der Waals surface area contributed by atoms with Crippen LogP contribution in [-0.2, 0) is 5.41 Å². The van der Waals surface area contributed by atoms with Crippen molar-refractivity contribution >= 4 is 50.8 Å². The van der Waals surface area contributed by atoms with E-state index in [4.69, 9.17) is 0 Å². The highest BCUT2D eigenvalue weighted by molar-refractivity contribution is 7.98. The van der Waals surface area contributed by atoms with Gasteiger partial charge < -0.3 is 4.90 Å². The minimum Gasteiger partial charge on any atom is -0.310 e. The van der Waals surface area contributed by atoms with E-state index in [2.05, 4.69) is 180 Å². The molecule has 0 atom stereocenters. The van der Waals surface area contributed by atoms with Gasteiger partial charge in [0.05, 0.1) is 16.4 Å². The van der Waals surface area contributed by atoms with Crippen molar-refractivity contribution in [3.05, 3.63) is 186 Å². The lowest BCUT2D eigenvalue weighted by Gasteiger charge is -2.32. The fraction of sp³-hybridized carbons (Fsp3) is 0.106. The quantitative estimate of drug-likeness (QED) is 0.157. The lowest BCUT2D eigenvalue weighted by Crippen LogP contribution is -2.26. The minimum absolute atomic E-state index is 0.384. The molecule has 0 aliphatic heterocycles. The van der Waals surface area contributed by atoms with Crippen molar-refractivity contribution in [1.29, 1.82) is 0 Å². The highest BCUT2D eigenvalue weighted by Gasteiger charge is 2.51. The zero-order chi connectivity index (χ0) is 33.2. The highest BCUT2D eigenvalue weighted by Crippen LogP contribution is 2.63. The summed E-state index contributed by atoms with van der Waals surface area (Å²) in [5, 5.41) is 2.58. The van der Waals surface area contributed by atoms with E-state index in [1.165, 1.54) is 79.2 Å². The van der Waals surface area contributed by atoms with Crippen molar-refractivity contribution in [3.63, 3.8) is 0 Å². The molecule has 0 bridgehead atoms. The van der Waals surface area contributed by atoms with Crippen LogP contribution in [0.4, 0.5) is 17.1 Å². The number of rotatable bonds is 7. The van der Waals surface area contributed by atoms with Crippen LogP contribution in [0, 0.1) is 0 Å². The van der Waals surface area contributed by atoms with Gasteiger partial charge in [-0.3, -0.25) is 3.97 Å². The average Bonchev–Trinajstić information content (AvgIpc) is 3.77. The topological polar surface area (TPSA) is 8.17 Å². The standard InChI is InChI=1S/C47H36N2S/c1-2-3-29-50-49-45-24-14-10-20-39(45)40-30-33(26-28-46(40)49)48(32-15-5-4-6-16-32)34-25-27-38-37-19-9-13-23-43(37)47(44(38)31-34)41-21-11-7-17-35(41)36-18-8-12-22-42(36)47/h4-28,30-31H,2-3,29H2,1H3. The molecule has 10 rings (SSSR count). The Morgan fingerprint density at radius 1 is 0.480 bits per heavy atom. The monoisotopic (exact) mass is 660 g/mol. The van der Waals surface area contributed by atoms with E-state index in [1.807, 2.05) is 11.9 Å². The maximum Gasteiger partial charge on any atom is 0.0726 e. The molecule has 3 heteroatoms. The van der Waals surface area contributed by atoms with Crippen molar-refractivity contribution in [2.24, 2.45) is 0 Å². The van der Waals surface area contributed by atoms with Crippen LogP contribution in [0.5, 0.6) is 0 Å². The first-order valence-corrected chi connectivity index (χ1v) is 18.7. The molecule has 2 nitrogen and oxygen atoms in total. The zero-order valence-electron chi connectivity index (χ0n) is 28.0. The van der Waals surface area contributed by atoms with Gasteiger partial charge in [0.2, 0.25) is 0 Å². The lowest BCUT2D eigenvalue weighted by molar-refractivity contribution is 0.793. The van der Waals surface area contributed by atoms with E-state index in [-0.39, 0.29) is 5.41 Å². The first kappa shape index (κ1) is 29.4. The van der Waals surface area contributed by atoms with Gasteiger partial charge in [-0.25, -0.2) is 0 Å². The predicted octanol–water partition coefficient (Wildman–Crippen LogP) is 12.9. The van der Waals surface area contributed by atoms with Crippen LogP contribution >= 0.6 is 11.9 Å². The van der Waals surface area contributed by atoms with Crippen LogP contribution in [-0.4, -0.2) is 9.73 Å². The Morgan fingerprint density at radius 2 is 1.02 bits per heavy atom. The molecule has 1 spiro atoms. The number of anilines is 3. The molecule has 0 N–H and O–H groups in total. The number of fused-ring (bicyclic) bond motifs is 13. The summed E-state index contributed by atoms with van der Waals surface area (Å²) in [5.74, 6) is 1.10. The van der Waals surface area contributed by atoms with Crippen LogP contribution in [0.2, 0.25) is 0 Å². The van der Waals surface area contributed by atoms with Crippen molar-refractivity contribution in [2.45, 2.75) is 25.2 Å². The molecule has 0 amide bonds. The van der Waals surface area contributed by atoms with Crippen molar-refractivity contribution in [1.82, 2.24) is 3.97 Å². The summed E-state index contributed by atoms with van der Waals surface area (Å²) in [7, 11) is 0.